The van der Waals surface area contributed by atoms with Crippen molar-refractivity contribution in [1.82, 2.24) is 14.5 Å². The zero-order valence-corrected chi connectivity index (χ0v) is 8.73. The summed E-state index contributed by atoms with van der Waals surface area (Å²) in [6, 6.07) is -0.0319. The van der Waals surface area contributed by atoms with E-state index in [1.807, 2.05) is 24.6 Å². The molecule has 2 N–H and O–H groups in total. The Morgan fingerprint density at radius 1 is 1.53 bits per heavy atom. The van der Waals surface area contributed by atoms with Gasteiger partial charge in [-0.1, -0.05) is 5.92 Å². The molecule has 15 heavy (non-hydrogen) atoms. The SMILES string of the molecule is C#CC(C)n1cc(C)c2c(N)ncnc21. The molecule has 0 radical (unpaired) electrons. The Kier molecular flexibility index (Phi) is 2.09. The molecule has 0 saturated heterocycles. The van der Waals surface area contributed by atoms with Crippen LogP contribution < -0.4 is 5.73 Å². The maximum absolute atomic E-state index is 5.80. The average molecular weight is 200 g/mol. The fourth-order valence-corrected chi connectivity index (χ4v) is 1.67. The van der Waals surface area contributed by atoms with Crippen LogP contribution in [0.4, 0.5) is 5.82 Å². The fraction of sp³-hybridized carbons (Fsp3) is 0.273. The number of terminal acetylenes is 1. The molecule has 0 aliphatic rings. The maximum atomic E-state index is 5.80. The number of rotatable bonds is 1. The number of hydrogen-bond donors (Lipinski definition) is 1. The molecule has 0 aliphatic heterocycles. The highest BCUT2D eigenvalue weighted by atomic mass is 15.1. The van der Waals surface area contributed by atoms with E-state index in [2.05, 4.69) is 15.9 Å². The van der Waals surface area contributed by atoms with Gasteiger partial charge in [0.1, 0.15) is 17.8 Å². The van der Waals surface area contributed by atoms with Gasteiger partial charge in [-0.05, 0) is 19.4 Å². The number of aryl methyl sites for hydroxylation is 1. The normalized spacial score (nSPS) is 12.6. The zero-order valence-electron chi connectivity index (χ0n) is 8.73. The van der Waals surface area contributed by atoms with E-state index in [1.54, 1.807) is 0 Å². The van der Waals surface area contributed by atoms with Crippen molar-refractivity contribution in [2.45, 2.75) is 19.9 Å². The van der Waals surface area contributed by atoms with Gasteiger partial charge in [0.05, 0.1) is 11.4 Å². The number of fused-ring (bicyclic) bond motifs is 1. The Morgan fingerprint density at radius 2 is 2.27 bits per heavy atom. The summed E-state index contributed by atoms with van der Waals surface area (Å²) in [5.41, 5.74) is 7.64. The summed E-state index contributed by atoms with van der Waals surface area (Å²) < 4.78 is 1.93. The van der Waals surface area contributed by atoms with E-state index in [1.165, 1.54) is 6.33 Å². The van der Waals surface area contributed by atoms with Crippen LogP contribution in [0.3, 0.4) is 0 Å². The van der Waals surface area contributed by atoms with E-state index >= 15 is 0 Å². The Bertz CT molecular complexity index is 547. The van der Waals surface area contributed by atoms with Crippen molar-refractivity contribution in [2.24, 2.45) is 0 Å². The van der Waals surface area contributed by atoms with E-state index in [0.717, 1.165) is 16.6 Å². The predicted molar refractivity (Wildman–Crippen MR) is 60.2 cm³/mol. The third kappa shape index (κ3) is 1.33. The number of anilines is 1. The van der Waals surface area contributed by atoms with Crippen LogP contribution in [0.25, 0.3) is 11.0 Å². The molecule has 0 spiro atoms. The van der Waals surface area contributed by atoms with Crippen LogP contribution in [0.2, 0.25) is 0 Å². The first kappa shape index (κ1) is 9.53. The maximum Gasteiger partial charge on any atom is 0.146 e. The number of aromatic nitrogens is 3. The van der Waals surface area contributed by atoms with Crippen molar-refractivity contribution in [3.63, 3.8) is 0 Å². The van der Waals surface area contributed by atoms with Crippen molar-refractivity contribution in [1.29, 1.82) is 0 Å². The minimum absolute atomic E-state index is 0.0319. The van der Waals surface area contributed by atoms with Crippen LogP contribution >= 0.6 is 0 Å². The molecule has 2 rings (SSSR count). The lowest BCUT2D eigenvalue weighted by atomic mass is 10.2. The molecule has 76 valence electrons. The summed E-state index contributed by atoms with van der Waals surface area (Å²) in [5, 5.41) is 0.889. The quantitative estimate of drug-likeness (QED) is 0.710. The summed E-state index contributed by atoms with van der Waals surface area (Å²) in [4.78, 5) is 8.18. The number of nitrogen functional groups attached to an aromatic ring is 1. The standard InChI is InChI=1S/C11H12N4/c1-4-8(3)15-5-7(2)9-10(12)13-6-14-11(9)15/h1,5-6,8H,2-3H3,(H2,12,13,14). The summed E-state index contributed by atoms with van der Waals surface area (Å²) in [7, 11) is 0. The first-order valence-electron chi connectivity index (χ1n) is 4.69. The van der Waals surface area contributed by atoms with E-state index in [-0.39, 0.29) is 6.04 Å². The van der Waals surface area contributed by atoms with Gasteiger partial charge in [0.2, 0.25) is 0 Å². The number of hydrogen-bond acceptors (Lipinski definition) is 3. The van der Waals surface area contributed by atoms with Gasteiger partial charge in [-0.2, -0.15) is 0 Å². The smallest absolute Gasteiger partial charge is 0.146 e. The zero-order chi connectivity index (χ0) is 11.0. The van der Waals surface area contributed by atoms with Gasteiger partial charge in [0, 0.05) is 6.20 Å². The van der Waals surface area contributed by atoms with Crippen LogP contribution in [-0.4, -0.2) is 14.5 Å². The summed E-state index contributed by atoms with van der Waals surface area (Å²) in [6.45, 7) is 3.92. The largest absolute Gasteiger partial charge is 0.383 e. The van der Waals surface area contributed by atoms with E-state index in [4.69, 9.17) is 12.2 Å². The minimum Gasteiger partial charge on any atom is -0.383 e. The molecule has 0 bridgehead atoms. The topological polar surface area (TPSA) is 56.7 Å². The minimum atomic E-state index is -0.0319. The number of nitrogens with zero attached hydrogens (tertiary/aromatic N) is 3. The second kappa shape index (κ2) is 3.28. The Labute approximate surface area is 88.1 Å². The van der Waals surface area contributed by atoms with Crippen LogP contribution in [0.15, 0.2) is 12.5 Å². The summed E-state index contributed by atoms with van der Waals surface area (Å²) >= 11 is 0. The first-order chi connectivity index (χ1) is 7.15. The van der Waals surface area contributed by atoms with Gasteiger partial charge in [-0.25, -0.2) is 9.97 Å². The third-order valence-corrected chi connectivity index (χ3v) is 2.49. The van der Waals surface area contributed by atoms with Gasteiger partial charge >= 0.3 is 0 Å². The molecule has 2 aromatic heterocycles. The van der Waals surface area contributed by atoms with Gasteiger partial charge in [0.15, 0.2) is 0 Å². The molecule has 0 aromatic carbocycles. The first-order valence-corrected chi connectivity index (χ1v) is 4.69. The van der Waals surface area contributed by atoms with E-state index < -0.39 is 0 Å². The Balaban J connectivity index is 2.80. The average Bonchev–Trinajstić information content (AvgIpc) is 2.56. The van der Waals surface area contributed by atoms with E-state index in [9.17, 15) is 0 Å². The van der Waals surface area contributed by atoms with Crippen LogP contribution in [0.5, 0.6) is 0 Å². The lowest BCUT2D eigenvalue weighted by Crippen LogP contribution is -2.02. The molecular weight excluding hydrogens is 188 g/mol. The molecule has 0 saturated carbocycles. The lowest BCUT2D eigenvalue weighted by Gasteiger charge is -2.06. The molecule has 4 nitrogen and oxygen atoms in total. The molecule has 0 fully saturated rings. The highest BCUT2D eigenvalue weighted by Gasteiger charge is 2.12. The van der Waals surface area contributed by atoms with Gasteiger partial charge in [-0.3, -0.25) is 0 Å². The molecule has 1 atom stereocenters. The fourth-order valence-electron chi connectivity index (χ4n) is 1.67. The van der Waals surface area contributed by atoms with Crippen molar-refractivity contribution in [2.75, 3.05) is 5.73 Å². The van der Waals surface area contributed by atoms with Crippen molar-refractivity contribution in [3.8, 4) is 12.3 Å². The monoisotopic (exact) mass is 200 g/mol. The molecule has 0 amide bonds. The summed E-state index contributed by atoms with van der Waals surface area (Å²) in [5.74, 6) is 3.17. The summed E-state index contributed by atoms with van der Waals surface area (Å²) in [6.07, 6.45) is 8.81. The van der Waals surface area contributed by atoms with E-state index in [0.29, 0.717) is 5.82 Å². The Morgan fingerprint density at radius 3 is 2.93 bits per heavy atom. The highest BCUT2D eigenvalue weighted by Crippen LogP contribution is 2.25. The number of nitrogens with two attached hydrogens (primary N) is 1. The van der Waals surface area contributed by atoms with Crippen LogP contribution in [0, 0.1) is 19.3 Å². The molecule has 0 aliphatic carbocycles. The highest BCUT2D eigenvalue weighted by molar-refractivity contribution is 5.89. The van der Waals surface area contributed by atoms with Gasteiger partial charge < -0.3 is 10.3 Å². The molecule has 2 heterocycles. The second-order valence-corrected chi connectivity index (χ2v) is 3.52. The van der Waals surface area contributed by atoms with Crippen LogP contribution in [0.1, 0.15) is 18.5 Å². The van der Waals surface area contributed by atoms with Crippen molar-refractivity contribution < 1.29 is 0 Å². The molecule has 4 heteroatoms. The third-order valence-electron chi connectivity index (χ3n) is 2.49. The molecule has 2 aromatic rings. The van der Waals surface area contributed by atoms with Gasteiger partial charge in [-0.15, -0.1) is 6.42 Å². The molecule has 1 unspecified atom stereocenters. The van der Waals surface area contributed by atoms with Crippen LogP contribution in [-0.2, 0) is 0 Å². The second-order valence-electron chi connectivity index (χ2n) is 3.52. The lowest BCUT2D eigenvalue weighted by molar-refractivity contribution is 0.701. The van der Waals surface area contributed by atoms with Gasteiger partial charge in [0.25, 0.3) is 0 Å². The molecular formula is C11H12N4. The van der Waals surface area contributed by atoms with Crippen molar-refractivity contribution in [3.05, 3.63) is 18.1 Å². The van der Waals surface area contributed by atoms with Crippen molar-refractivity contribution >= 4 is 16.9 Å². The predicted octanol–water partition coefficient (Wildman–Crippen LogP) is 1.52. The Hall–Kier alpha value is -2.02.